The number of nitrogens with one attached hydrogen (secondary N) is 1. The number of piperazine rings is 1. The van der Waals surface area contributed by atoms with E-state index in [0.717, 1.165) is 25.7 Å². The summed E-state index contributed by atoms with van der Waals surface area (Å²) in [5.41, 5.74) is -1.32. The minimum atomic E-state index is -0.727. The molecule has 1 aliphatic carbocycles. The van der Waals surface area contributed by atoms with Gasteiger partial charge in [-0.2, -0.15) is 0 Å². The summed E-state index contributed by atoms with van der Waals surface area (Å²) in [7, 11) is 0. The SMILES string of the molecule is CC(C)CN1C(=O)C2(CCCC2)NC(=O)C1(C)C. The Balaban J connectivity index is 2.33. The molecule has 0 aromatic heterocycles. The van der Waals surface area contributed by atoms with Crippen LogP contribution in [0.25, 0.3) is 0 Å². The molecule has 2 aliphatic rings. The Morgan fingerprint density at radius 1 is 1.22 bits per heavy atom. The van der Waals surface area contributed by atoms with Crippen molar-refractivity contribution in [3.8, 4) is 0 Å². The maximum atomic E-state index is 12.8. The fourth-order valence-corrected chi connectivity index (χ4v) is 3.05. The molecule has 1 heterocycles. The molecular weight excluding hydrogens is 228 g/mol. The molecule has 1 N–H and O–H groups in total. The minimum absolute atomic E-state index is 0.00958. The van der Waals surface area contributed by atoms with Gasteiger partial charge in [0.2, 0.25) is 11.8 Å². The van der Waals surface area contributed by atoms with Crippen molar-refractivity contribution in [1.29, 1.82) is 0 Å². The molecule has 1 aliphatic heterocycles. The van der Waals surface area contributed by atoms with Gasteiger partial charge >= 0.3 is 0 Å². The summed E-state index contributed by atoms with van der Waals surface area (Å²) in [5.74, 6) is 0.487. The second-order valence-electron chi connectivity index (χ2n) is 6.61. The summed E-state index contributed by atoms with van der Waals surface area (Å²) < 4.78 is 0. The molecular formula is C14H24N2O2. The fraction of sp³-hybridized carbons (Fsp3) is 0.857. The van der Waals surface area contributed by atoms with E-state index in [-0.39, 0.29) is 11.8 Å². The molecule has 1 spiro atoms. The summed E-state index contributed by atoms with van der Waals surface area (Å²) in [4.78, 5) is 26.9. The second kappa shape index (κ2) is 4.25. The Kier molecular flexibility index (Phi) is 3.16. The average Bonchev–Trinajstić information content (AvgIpc) is 2.72. The quantitative estimate of drug-likeness (QED) is 0.813. The standard InChI is InChI=1S/C14H24N2O2/c1-10(2)9-16-12(18)14(7-5-6-8-14)15-11(17)13(16,3)4/h10H,5-9H2,1-4H3,(H,15,17). The summed E-state index contributed by atoms with van der Waals surface area (Å²) >= 11 is 0. The molecule has 0 unspecified atom stereocenters. The maximum absolute atomic E-state index is 12.8. The lowest BCUT2D eigenvalue weighted by Gasteiger charge is -2.49. The fourth-order valence-electron chi connectivity index (χ4n) is 3.05. The third-order valence-electron chi connectivity index (χ3n) is 4.24. The Morgan fingerprint density at radius 2 is 1.78 bits per heavy atom. The van der Waals surface area contributed by atoms with Gasteiger partial charge in [-0.1, -0.05) is 26.7 Å². The first-order valence-corrected chi connectivity index (χ1v) is 6.94. The molecule has 4 heteroatoms. The Morgan fingerprint density at radius 3 is 2.28 bits per heavy atom. The molecule has 4 nitrogen and oxygen atoms in total. The van der Waals surface area contributed by atoms with Crippen molar-refractivity contribution in [2.24, 2.45) is 5.92 Å². The number of carbonyl (C=O) groups excluding carboxylic acids is 2. The first kappa shape index (κ1) is 13.4. The molecule has 1 saturated carbocycles. The third-order valence-corrected chi connectivity index (χ3v) is 4.24. The summed E-state index contributed by atoms with van der Waals surface area (Å²) in [6, 6.07) is 0. The normalized spacial score (nSPS) is 25.9. The van der Waals surface area contributed by atoms with E-state index in [4.69, 9.17) is 0 Å². The van der Waals surface area contributed by atoms with Crippen LogP contribution in [-0.2, 0) is 9.59 Å². The van der Waals surface area contributed by atoms with Crippen molar-refractivity contribution in [1.82, 2.24) is 10.2 Å². The number of nitrogens with zero attached hydrogens (tertiary/aromatic N) is 1. The van der Waals surface area contributed by atoms with E-state index in [1.807, 2.05) is 13.8 Å². The number of hydrogen-bond donors (Lipinski definition) is 1. The van der Waals surface area contributed by atoms with Gasteiger partial charge in [-0.25, -0.2) is 0 Å². The molecule has 18 heavy (non-hydrogen) atoms. The van der Waals surface area contributed by atoms with Crippen LogP contribution in [0.15, 0.2) is 0 Å². The molecule has 1 saturated heterocycles. The van der Waals surface area contributed by atoms with Crippen LogP contribution in [-0.4, -0.2) is 34.3 Å². The highest BCUT2D eigenvalue weighted by molar-refractivity contribution is 6.02. The average molecular weight is 252 g/mol. The molecule has 0 atom stereocenters. The van der Waals surface area contributed by atoms with Crippen LogP contribution in [0.4, 0.5) is 0 Å². The topological polar surface area (TPSA) is 49.4 Å². The highest BCUT2D eigenvalue weighted by Crippen LogP contribution is 2.37. The molecule has 2 rings (SSSR count). The zero-order valence-electron chi connectivity index (χ0n) is 11.9. The van der Waals surface area contributed by atoms with Gasteiger partial charge in [-0.05, 0) is 32.6 Å². The van der Waals surface area contributed by atoms with Gasteiger partial charge in [-0.15, -0.1) is 0 Å². The number of carbonyl (C=O) groups is 2. The van der Waals surface area contributed by atoms with Gasteiger partial charge in [0.15, 0.2) is 0 Å². The van der Waals surface area contributed by atoms with E-state index in [9.17, 15) is 9.59 Å². The van der Waals surface area contributed by atoms with Crippen LogP contribution in [0.5, 0.6) is 0 Å². The summed E-state index contributed by atoms with van der Waals surface area (Å²) in [6.07, 6.45) is 3.65. The number of rotatable bonds is 2. The van der Waals surface area contributed by atoms with Crippen molar-refractivity contribution >= 4 is 11.8 Å². The first-order chi connectivity index (χ1) is 8.29. The Labute approximate surface area is 109 Å². The van der Waals surface area contributed by atoms with Crippen LogP contribution in [0.2, 0.25) is 0 Å². The van der Waals surface area contributed by atoms with E-state index in [1.54, 1.807) is 4.90 Å². The minimum Gasteiger partial charge on any atom is -0.340 e. The molecule has 0 bridgehead atoms. The molecule has 2 fully saturated rings. The van der Waals surface area contributed by atoms with Gasteiger partial charge in [-0.3, -0.25) is 9.59 Å². The lowest BCUT2D eigenvalue weighted by Crippen LogP contribution is -2.73. The zero-order valence-corrected chi connectivity index (χ0v) is 11.9. The van der Waals surface area contributed by atoms with E-state index in [1.165, 1.54) is 0 Å². The second-order valence-corrected chi connectivity index (χ2v) is 6.61. The van der Waals surface area contributed by atoms with Gasteiger partial charge in [0, 0.05) is 6.54 Å². The molecule has 102 valence electrons. The lowest BCUT2D eigenvalue weighted by molar-refractivity contribution is -0.161. The summed E-state index contributed by atoms with van der Waals surface area (Å²) in [6.45, 7) is 8.49. The van der Waals surface area contributed by atoms with Crippen LogP contribution in [0, 0.1) is 5.92 Å². The molecule has 0 radical (unpaired) electrons. The van der Waals surface area contributed by atoms with Crippen molar-refractivity contribution in [2.75, 3.05) is 6.54 Å². The van der Waals surface area contributed by atoms with Crippen molar-refractivity contribution in [2.45, 2.75) is 64.5 Å². The zero-order chi connectivity index (χ0) is 13.6. The predicted molar refractivity (Wildman–Crippen MR) is 70.0 cm³/mol. The lowest BCUT2D eigenvalue weighted by atomic mass is 9.85. The smallest absolute Gasteiger partial charge is 0.249 e. The summed E-state index contributed by atoms with van der Waals surface area (Å²) in [5, 5.41) is 3.00. The monoisotopic (exact) mass is 252 g/mol. The number of amides is 2. The van der Waals surface area contributed by atoms with E-state index in [0.29, 0.717) is 12.5 Å². The molecule has 2 amide bonds. The van der Waals surface area contributed by atoms with Crippen LogP contribution >= 0.6 is 0 Å². The van der Waals surface area contributed by atoms with Crippen LogP contribution < -0.4 is 5.32 Å². The number of hydrogen-bond acceptors (Lipinski definition) is 2. The van der Waals surface area contributed by atoms with Crippen LogP contribution in [0.1, 0.15) is 53.4 Å². The van der Waals surface area contributed by atoms with Crippen molar-refractivity contribution < 1.29 is 9.59 Å². The third kappa shape index (κ3) is 1.91. The predicted octanol–water partition coefficient (Wildman–Crippen LogP) is 1.69. The van der Waals surface area contributed by atoms with Crippen molar-refractivity contribution in [3.05, 3.63) is 0 Å². The largest absolute Gasteiger partial charge is 0.340 e. The van der Waals surface area contributed by atoms with Gasteiger partial charge in [0.05, 0.1) is 0 Å². The van der Waals surface area contributed by atoms with Crippen LogP contribution in [0.3, 0.4) is 0 Å². The van der Waals surface area contributed by atoms with E-state index < -0.39 is 11.1 Å². The maximum Gasteiger partial charge on any atom is 0.249 e. The van der Waals surface area contributed by atoms with E-state index >= 15 is 0 Å². The molecule has 0 aromatic rings. The molecule has 0 aromatic carbocycles. The van der Waals surface area contributed by atoms with Gasteiger partial charge in [0.25, 0.3) is 0 Å². The van der Waals surface area contributed by atoms with Crippen molar-refractivity contribution in [3.63, 3.8) is 0 Å². The Bertz CT molecular complexity index is 368. The first-order valence-electron chi connectivity index (χ1n) is 6.94. The highest BCUT2D eigenvalue weighted by atomic mass is 16.2. The van der Waals surface area contributed by atoms with Gasteiger partial charge in [0.1, 0.15) is 11.1 Å². The highest BCUT2D eigenvalue weighted by Gasteiger charge is 2.55. The van der Waals surface area contributed by atoms with E-state index in [2.05, 4.69) is 19.2 Å². The Hall–Kier alpha value is -1.06. The van der Waals surface area contributed by atoms with Gasteiger partial charge < -0.3 is 10.2 Å².